The first-order valence-electron chi connectivity index (χ1n) is 6.46. The lowest BCUT2D eigenvalue weighted by Gasteiger charge is -2.15. The van der Waals surface area contributed by atoms with Crippen LogP contribution in [0.1, 0.15) is 39.7 Å². The summed E-state index contributed by atoms with van der Waals surface area (Å²) in [5.41, 5.74) is 3.46. The molecule has 1 heterocycles. The Balaban J connectivity index is 2.40. The molecule has 1 aromatic heterocycles. The third-order valence-corrected chi connectivity index (χ3v) is 4.79. The van der Waals surface area contributed by atoms with Gasteiger partial charge in [0.25, 0.3) is 0 Å². The van der Waals surface area contributed by atoms with Crippen LogP contribution in [0.4, 0.5) is 0 Å². The molecule has 2 rings (SSSR count). The quantitative estimate of drug-likeness (QED) is 0.910. The van der Waals surface area contributed by atoms with E-state index in [1.807, 2.05) is 20.0 Å². The summed E-state index contributed by atoms with van der Waals surface area (Å²) in [5, 5.41) is 5.25. The molecule has 0 spiro atoms. The molecule has 2 aromatic rings. The summed E-state index contributed by atoms with van der Waals surface area (Å²) in [6, 6.07) is 6.32. The molecule has 1 aromatic carbocycles. The third kappa shape index (κ3) is 2.99. The Hall–Kier alpha value is -0.900. The Morgan fingerprint density at radius 2 is 2.11 bits per heavy atom. The van der Waals surface area contributed by atoms with Crippen LogP contribution in [-0.4, -0.2) is 12.0 Å². The van der Waals surface area contributed by atoms with Crippen molar-refractivity contribution >= 4 is 22.9 Å². The highest BCUT2D eigenvalue weighted by molar-refractivity contribution is 7.11. The maximum atomic E-state index is 6.22. The molecule has 1 unspecified atom stereocenters. The summed E-state index contributed by atoms with van der Waals surface area (Å²) in [4.78, 5) is 6.04. The molecule has 0 aliphatic rings. The van der Waals surface area contributed by atoms with Gasteiger partial charge in [-0.15, -0.1) is 11.3 Å². The van der Waals surface area contributed by atoms with Crippen LogP contribution in [-0.2, 0) is 6.42 Å². The zero-order chi connectivity index (χ0) is 14.0. The van der Waals surface area contributed by atoms with E-state index in [1.165, 1.54) is 10.6 Å². The molecular formula is C15H19ClN2S. The van der Waals surface area contributed by atoms with Crippen LogP contribution in [0.15, 0.2) is 18.2 Å². The summed E-state index contributed by atoms with van der Waals surface area (Å²) in [5.74, 6) is 0. The van der Waals surface area contributed by atoms with Crippen molar-refractivity contribution in [2.75, 3.05) is 7.05 Å². The monoisotopic (exact) mass is 294 g/mol. The summed E-state index contributed by atoms with van der Waals surface area (Å²) < 4.78 is 0. The largest absolute Gasteiger partial charge is 0.307 e. The van der Waals surface area contributed by atoms with Gasteiger partial charge in [-0.3, -0.25) is 0 Å². The molecule has 0 amide bonds. The molecule has 0 bridgehead atoms. The van der Waals surface area contributed by atoms with Gasteiger partial charge in [-0.05, 0) is 44.5 Å². The van der Waals surface area contributed by atoms with Gasteiger partial charge in [-0.2, -0.15) is 0 Å². The van der Waals surface area contributed by atoms with Gasteiger partial charge in [0.2, 0.25) is 0 Å². The summed E-state index contributed by atoms with van der Waals surface area (Å²) in [6.07, 6.45) is 0.980. The van der Waals surface area contributed by atoms with Crippen molar-refractivity contribution < 1.29 is 0 Å². The second kappa shape index (κ2) is 6.04. The van der Waals surface area contributed by atoms with Crippen LogP contribution in [0.2, 0.25) is 5.02 Å². The first-order valence-corrected chi connectivity index (χ1v) is 7.65. The fourth-order valence-corrected chi connectivity index (χ4v) is 3.46. The lowest BCUT2D eigenvalue weighted by atomic mass is 10.1. The molecular weight excluding hydrogens is 276 g/mol. The fourth-order valence-electron chi connectivity index (χ4n) is 2.12. The van der Waals surface area contributed by atoms with Gasteiger partial charge in [0.1, 0.15) is 5.01 Å². The van der Waals surface area contributed by atoms with Crippen LogP contribution < -0.4 is 5.32 Å². The number of aryl methyl sites for hydroxylation is 3. The molecule has 2 nitrogen and oxygen atoms in total. The zero-order valence-corrected chi connectivity index (χ0v) is 13.3. The predicted molar refractivity (Wildman–Crippen MR) is 83.3 cm³/mol. The van der Waals surface area contributed by atoms with Gasteiger partial charge < -0.3 is 5.32 Å². The number of benzene rings is 1. The standard InChI is InChI=1S/C15H19ClN2S/c1-5-13-10(3)19-15(18-13)14(17-4)11-7-6-9(2)12(16)8-11/h6-8,14,17H,5H2,1-4H3. The number of hydrogen-bond donors (Lipinski definition) is 1. The van der Waals surface area contributed by atoms with Crippen molar-refractivity contribution in [1.82, 2.24) is 10.3 Å². The van der Waals surface area contributed by atoms with Crippen molar-refractivity contribution in [2.45, 2.75) is 33.2 Å². The second-order valence-electron chi connectivity index (χ2n) is 4.64. The van der Waals surface area contributed by atoms with Gasteiger partial charge >= 0.3 is 0 Å². The highest BCUT2D eigenvalue weighted by Gasteiger charge is 2.18. The van der Waals surface area contributed by atoms with E-state index in [4.69, 9.17) is 16.6 Å². The van der Waals surface area contributed by atoms with E-state index < -0.39 is 0 Å². The molecule has 0 aliphatic carbocycles. The Labute approximate surface area is 123 Å². The van der Waals surface area contributed by atoms with Crippen LogP contribution in [0.25, 0.3) is 0 Å². The molecule has 0 fully saturated rings. The maximum absolute atomic E-state index is 6.22. The molecule has 1 N–H and O–H groups in total. The van der Waals surface area contributed by atoms with Crippen molar-refractivity contribution in [3.8, 4) is 0 Å². The van der Waals surface area contributed by atoms with Crippen LogP contribution in [0.3, 0.4) is 0 Å². The summed E-state index contributed by atoms with van der Waals surface area (Å²) >= 11 is 7.98. The predicted octanol–water partition coefficient (Wildman–Crippen LogP) is 4.28. The van der Waals surface area contributed by atoms with E-state index >= 15 is 0 Å². The molecule has 0 aliphatic heterocycles. The number of aromatic nitrogens is 1. The zero-order valence-electron chi connectivity index (χ0n) is 11.7. The highest BCUT2D eigenvalue weighted by atomic mass is 35.5. The van der Waals surface area contributed by atoms with Crippen molar-refractivity contribution in [2.24, 2.45) is 0 Å². The molecule has 0 saturated carbocycles. The Morgan fingerprint density at radius 3 is 2.63 bits per heavy atom. The maximum Gasteiger partial charge on any atom is 0.115 e. The van der Waals surface area contributed by atoms with Crippen molar-refractivity contribution in [3.63, 3.8) is 0 Å². The van der Waals surface area contributed by atoms with Gasteiger partial charge in [0.05, 0.1) is 11.7 Å². The van der Waals surface area contributed by atoms with Crippen LogP contribution in [0.5, 0.6) is 0 Å². The molecule has 4 heteroatoms. The van der Waals surface area contributed by atoms with Crippen molar-refractivity contribution in [1.29, 1.82) is 0 Å². The van der Waals surface area contributed by atoms with Gasteiger partial charge in [-0.25, -0.2) is 4.98 Å². The molecule has 19 heavy (non-hydrogen) atoms. The van der Waals surface area contributed by atoms with Gasteiger partial charge in [-0.1, -0.05) is 30.7 Å². The lowest BCUT2D eigenvalue weighted by molar-refractivity contribution is 0.683. The van der Waals surface area contributed by atoms with E-state index in [-0.39, 0.29) is 6.04 Å². The number of rotatable bonds is 4. The number of halogens is 1. The molecule has 1 atom stereocenters. The SMILES string of the molecule is CCc1nc(C(NC)c2ccc(C)c(Cl)c2)sc1C. The van der Waals surface area contributed by atoms with Crippen LogP contribution in [0, 0.1) is 13.8 Å². The number of nitrogens with zero attached hydrogens (tertiary/aromatic N) is 1. The van der Waals surface area contributed by atoms with E-state index in [2.05, 4.69) is 31.3 Å². The van der Waals surface area contributed by atoms with Gasteiger partial charge in [0, 0.05) is 9.90 Å². The van der Waals surface area contributed by atoms with Gasteiger partial charge in [0.15, 0.2) is 0 Å². The van der Waals surface area contributed by atoms with E-state index in [0.717, 1.165) is 27.6 Å². The highest BCUT2D eigenvalue weighted by Crippen LogP contribution is 2.30. The molecule has 102 valence electrons. The van der Waals surface area contributed by atoms with E-state index in [1.54, 1.807) is 11.3 Å². The number of thiazole rings is 1. The third-order valence-electron chi connectivity index (χ3n) is 3.31. The second-order valence-corrected chi connectivity index (χ2v) is 6.28. The van der Waals surface area contributed by atoms with E-state index in [9.17, 15) is 0 Å². The minimum atomic E-state index is 0.113. The normalized spacial score (nSPS) is 12.7. The van der Waals surface area contributed by atoms with Crippen LogP contribution >= 0.6 is 22.9 Å². The number of nitrogens with one attached hydrogen (secondary N) is 1. The Morgan fingerprint density at radius 1 is 1.37 bits per heavy atom. The minimum Gasteiger partial charge on any atom is -0.307 e. The average molecular weight is 295 g/mol. The molecule has 0 saturated heterocycles. The number of hydrogen-bond acceptors (Lipinski definition) is 3. The first kappa shape index (κ1) is 14.5. The first-order chi connectivity index (χ1) is 9.06. The Bertz CT molecular complexity index is 578. The fraction of sp³-hybridized carbons (Fsp3) is 0.400. The van der Waals surface area contributed by atoms with Crippen molar-refractivity contribution in [3.05, 3.63) is 49.9 Å². The summed E-state index contributed by atoms with van der Waals surface area (Å²) in [7, 11) is 1.96. The van der Waals surface area contributed by atoms with E-state index in [0.29, 0.717) is 0 Å². The Kier molecular flexibility index (Phi) is 4.61. The minimum absolute atomic E-state index is 0.113. The lowest BCUT2D eigenvalue weighted by Crippen LogP contribution is -2.17. The average Bonchev–Trinajstić information content (AvgIpc) is 2.75. The smallest absolute Gasteiger partial charge is 0.115 e. The molecule has 0 radical (unpaired) electrons. The summed E-state index contributed by atoms with van der Waals surface area (Å²) in [6.45, 7) is 6.29. The topological polar surface area (TPSA) is 24.9 Å².